The summed E-state index contributed by atoms with van der Waals surface area (Å²) < 4.78 is 6.00. The van der Waals surface area contributed by atoms with Crippen molar-refractivity contribution in [2.24, 2.45) is 0 Å². The van der Waals surface area contributed by atoms with Crippen molar-refractivity contribution in [3.05, 3.63) is 99.7 Å². The number of pyridine rings is 1. The average Bonchev–Trinajstić information content (AvgIpc) is 3.01. The minimum atomic E-state index is -1.03. The van der Waals surface area contributed by atoms with Gasteiger partial charge in [0.25, 0.3) is 5.69 Å². The average molecular weight is 587 g/mol. The van der Waals surface area contributed by atoms with E-state index in [4.69, 9.17) is 15.1 Å². The van der Waals surface area contributed by atoms with E-state index in [9.17, 15) is 24.8 Å². The van der Waals surface area contributed by atoms with Gasteiger partial charge in [0.05, 0.1) is 16.9 Å². The summed E-state index contributed by atoms with van der Waals surface area (Å²) in [6.45, 7) is 0.742. The number of aromatic hydroxyl groups is 1. The second-order valence-electron chi connectivity index (χ2n) is 9.62. The molecule has 0 saturated carbocycles. The lowest BCUT2D eigenvalue weighted by molar-refractivity contribution is -0.383. The zero-order valence-corrected chi connectivity index (χ0v) is 23.0. The number of aliphatic carboxylic acids is 1. The maximum Gasteiger partial charge on any atom is 0.328 e. The van der Waals surface area contributed by atoms with Gasteiger partial charge in [-0.2, -0.15) is 0 Å². The highest BCUT2D eigenvalue weighted by molar-refractivity contribution is 5.93. The van der Waals surface area contributed by atoms with Gasteiger partial charge in [-0.3, -0.25) is 25.1 Å². The number of carbonyl (C=O) groups is 2. The van der Waals surface area contributed by atoms with E-state index in [1.165, 1.54) is 24.4 Å². The van der Waals surface area contributed by atoms with E-state index in [0.29, 0.717) is 37.3 Å². The molecule has 0 fully saturated rings. The lowest BCUT2D eigenvalue weighted by Crippen LogP contribution is -2.18. The first-order chi connectivity index (χ1) is 20.8. The van der Waals surface area contributed by atoms with Crippen molar-refractivity contribution in [1.82, 2.24) is 15.8 Å². The van der Waals surface area contributed by atoms with Crippen LogP contribution in [0.25, 0.3) is 28.1 Å². The molecule has 0 aliphatic heterocycles. The quantitative estimate of drug-likeness (QED) is 0.0445. The third-order valence-corrected chi connectivity index (χ3v) is 6.65. The van der Waals surface area contributed by atoms with E-state index in [-0.39, 0.29) is 35.3 Å². The van der Waals surface area contributed by atoms with Gasteiger partial charge in [0.2, 0.25) is 5.91 Å². The maximum absolute atomic E-state index is 11.7. The predicted molar refractivity (Wildman–Crippen MR) is 158 cm³/mol. The highest BCUT2D eigenvalue weighted by Crippen LogP contribution is 2.34. The fourth-order valence-electron chi connectivity index (χ4n) is 4.50. The molecule has 1 amide bonds. The fourth-order valence-corrected chi connectivity index (χ4v) is 4.50. The lowest BCUT2D eigenvalue weighted by atomic mass is 10.0. The molecule has 0 aliphatic rings. The van der Waals surface area contributed by atoms with Gasteiger partial charge >= 0.3 is 5.97 Å². The molecule has 4 aromatic rings. The first kappa shape index (κ1) is 30.6. The van der Waals surface area contributed by atoms with Crippen LogP contribution in [0.5, 0.6) is 11.5 Å². The number of phenols is 1. The Morgan fingerprint density at radius 3 is 2.47 bits per heavy atom. The Balaban J connectivity index is 1.54. The van der Waals surface area contributed by atoms with Crippen molar-refractivity contribution in [2.75, 3.05) is 6.61 Å². The molecule has 0 aliphatic carbocycles. The topological polar surface area (TPSA) is 184 Å². The molecule has 5 N–H and O–H groups in total. The van der Waals surface area contributed by atoms with Crippen LogP contribution in [-0.2, 0) is 22.7 Å². The largest absolute Gasteiger partial charge is 0.505 e. The van der Waals surface area contributed by atoms with Crippen LogP contribution < -0.4 is 15.5 Å². The second kappa shape index (κ2) is 14.5. The van der Waals surface area contributed by atoms with Gasteiger partial charge in [0.15, 0.2) is 0 Å². The number of carboxylic acid groups (broad SMARTS) is 1. The predicted octanol–water partition coefficient (Wildman–Crippen LogP) is 4.96. The monoisotopic (exact) mass is 586 g/mol. The fraction of sp³-hybridized carbons (Fsp3) is 0.194. The Kier molecular flexibility index (Phi) is 10.3. The Morgan fingerprint density at radius 2 is 1.74 bits per heavy atom. The van der Waals surface area contributed by atoms with E-state index in [1.807, 2.05) is 42.5 Å². The highest BCUT2D eigenvalue weighted by Gasteiger charge is 2.19. The van der Waals surface area contributed by atoms with E-state index >= 15 is 0 Å². The number of carbonyl (C=O) groups excluding carboxylic acids is 1. The molecule has 0 unspecified atom stereocenters. The summed E-state index contributed by atoms with van der Waals surface area (Å²) >= 11 is 0. The smallest absolute Gasteiger partial charge is 0.328 e. The molecule has 3 aromatic carbocycles. The molecule has 43 heavy (non-hydrogen) atoms. The second-order valence-corrected chi connectivity index (χ2v) is 9.62. The third-order valence-electron chi connectivity index (χ3n) is 6.65. The van der Waals surface area contributed by atoms with Crippen LogP contribution in [0.2, 0.25) is 0 Å². The summed E-state index contributed by atoms with van der Waals surface area (Å²) in [5.74, 6) is -1.04. The number of benzene rings is 3. The molecular weight excluding hydrogens is 556 g/mol. The third kappa shape index (κ3) is 8.12. The van der Waals surface area contributed by atoms with Crippen molar-refractivity contribution >= 4 is 34.5 Å². The number of nitro groups is 1. The molecule has 0 saturated heterocycles. The number of ether oxygens (including phenoxy) is 1. The summed E-state index contributed by atoms with van der Waals surface area (Å²) in [6.07, 6.45) is 5.30. The Morgan fingerprint density at radius 1 is 1.00 bits per heavy atom. The summed E-state index contributed by atoms with van der Waals surface area (Å²) in [5, 5.41) is 43.4. The number of carboxylic acids is 1. The van der Waals surface area contributed by atoms with E-state index in [2.05, 4.69) is 10.3 Å². The van der Waals surface area contributed by atoms with Gasteiger partial charge in [-0.25, -0.2) is 10.3 Å². The van der Waals surface area contributed by atoms with Crippen LogP contribution in [0.15, 0.2) is 72.9 Å². The number of nitrogens with one attached hydrogen (secondary N) is 2. The Labute approximate surface area is 246 Å². The number of amides is 1. The zero-order valence-electron chi connectivity index (χ0n) is 23.0. The molecule has 1 aromatic heterocycles. The molecule has 12 nitrogen and oxygen atoms in total. The number of rotatable bonds is 14. The number of hydrogen-bond acceptors (Lipinski definition) is 9. The molecule has 1 heterocycles. The number of hydrogen-bond donors (Lipinski definition) is 5. The maximum atomic E-state index is 11.7. The van der Waals surface area contributed by atoms with Crippen LogP contribution in [0.4, 0.5) is 5.69 Å². The SMILES string of the molecule is O=C(O)C=Cc1ccc(-c2ccc(OCCCCC(=O)NO)c(CNCc3cc([N+](=O)[O-])c4cccnc4c3O)c2)cc1. The minimum absolute atomic E-state index is 0.115. The van der Waals surface area contributed by atoms with Gasteiger partial charge in [0.1, 0.15) is 17.0 Å². The Hall–Kier alpha value is -5.33. The first-order valence-electron chi connectivity index (χ1n) is 13.4. The number of fused-ring (bicyclic) bond motifs is 1. The van der Waals surface area contributed by atoms with Crippen LogP contribution >= 0.6 is 0 Å². The summed E-state index contributed by atoms with van der Waals surface area (Å²) in [6, 6.07) is 17.5. The van der Waals surface area contributed by atoms with Crippen molar-refractivity contribution in [1.29, 1.82) is 0 Å². The number of aromatic nitrogens is 1. The Bertz CT molecular complexity index is 1650. The molecule has 12 heteroatoms. The van der Waals surface area contributed by atoms with E-state index in [0.717, 1.165) is 28.3 Å². The minimum Gasteiger partial charge on any atom is -0.505 e. The molecule has 0 atom stereocenters. The standard InChI is InChI=1S/C31H30N4O8/c36-28(34-40)5-1-2-15-43-27-12-11-22(21-9-6-20(7-10-21)8-13-29(37)38)16-23(27)18-32-19-24-17-26(35(41)42)25-4-3-14-33-30(25)31(24)39/h3-4,6-14,16-17,32,39-40H,1-2,5,15,18-19H2,(H,34,36)(H,37,38). The van der Waals surface area contributed by atoms with Gasteiger partial charge < -0.3 is 20.3 Å². The van der Waals surface area contributed by atoms with Gasteiger partial charge in [-0.05, 0) is 59.9 Å². The van der Waals surface area contributed by atoms with E-state index < -0.39 is 16.8 Å². The number of unbranched alkanes of at least 4 members (excludes halogenated alkanes) is 1. The van der Waals surface area contributed by atoms with Gasteiger partial charge in [-0.1, -0.05) is 30.3 Å². The molecule has 0 radical (unpaired) electrons. The highest BCUT2D eigenvalue weighted by atomic mass is 16.6. The van der Waals surface area contributed by atoms with Crippen molar-refractivity contribution in [2.45, 2.75) is 32.4 Å². The van der Waals surface area contributed by atoms with Crippen molar-refractivity contribution < 1.29 is 34.7 Å². The molecule has 4 rings (SSSR count). The summed E-state index contributed by atoms with van der Waals surface area (Å²) in [7, 11) is 0. The lowest BCUT2D eigenvalue weighted by Gasteiger charge is -2.15. The normalized spacial score (nSPS) is 11.1. The first-order valence-corrected chi connectivity index (χ1v) is 13.4. The molecular formula is C31H30N4O8. The number of non-ortho nitro benzene ring substituents is 1. The van der Waals surface area contributed by atoms with Crippen molar-refractivity contribution in [3.8, 4) is 22.6 Å². The van der Waals surface area contributed by atoms with E-state index in [1.54, 1.807) is 11.5 Å². The summed E-state index contributed by atoms with van der Waals surface area (Å²) in [5.41, 5.74) is 5.22. The van der Waals surface area contributed by atoms with Crippen molar-refractivity contribution in [3.63, 3.8) is 0 Å². The van der Waals surface area contributed by atoms with Crippen LogP contribution in [0.1, 0.15) is 36.0 Å². The number of nitrogens with zero attached hydrogens (tertiary/aromatic N) is 2. The van der Waals surface area contributed by atoms with Crippen LogP contribution in [-0.4, -0.2) is 43.8 Å². The molecule has 0 spiro atoms. The number of phenolic OH excluding ortho intramolecular Hbond substituents is 1. The summed E-state index contributed by atoms with van der Waals surface area (Å²) in [4.78, 5) is 37.4. The van der Waals surface area contributed by atoms with Crippen LogP contribution in [0, 0.1) is 10.1 Å². The zero-order chi connectivity index (χ0) is 30.8. The molecule has 222 valence electrons. The van der Waals surface area contributed by atoms with Gasteiger partial charge in [0, 0.05) is 49.0 Å². The molecule has 0 bridgehead atoms. The van der Waals surface area contributed by atoms with Crippen LogP contribution in [0.3, 0.4) is 0 Å². The number of hydroxylamine groups is 1. The van der Waals surface area contributed by atoms with Gasteiger partial charge in [-0.15, -0.1) is 0 Å². The number of nitro benzene ring substituents is 1.